The Kier molecular flexibility index (Phi) is 2.56. The van der Waals surface area contributed by atoms with Crippen molar-refractivity contribution in [1.29, 1.82) is 0 Å². The molecular formula is C8H12N4S. The van der Waals surface area contributed by atoms with Crippen LogP contribution >= 0.6 is 12.2 Å². The predicted molar refractivity (Wildman–Crippen MR) is 54.5 cm³/mol. The van der Waals surface area contributed by atoms with Gasteiger partial charge in [0.2, 0.25) is 0 Å². The SMILES string of the molecule is S=c1ccc(N2CCNCC2)n[nH]1. The maximum atomic E-state index is 4.92. The Labute approximate surface area is 82.0 Å². The monoisotopic (exact) mass is 196 g/mol. The highest BCUT2D eigenvalue weighted by Gasteiger charge is 2.10. The third kappa shape index (κ3) is 2.05. The van der Waals surface area contributed by atoms with Crippen LogP contribution in [0.3, 0.4) is 0 Å². The van der Waals surface area contributed by atoms with E-state index in [2.05, 4.69) is 20.4 Å². The number of rotatable bonds is 1. The van der Waals surface area contributed by atoms with Crippen LogP contribution in [0.15, 0.2) is 12.1 Å². The Morgan fingerprint density at radius 3 is 2.69 bits per heavy atom. The molecule has 1 saturated heterocycles. The van der Waals surface area contributed by atoms with Gasteiger partial charge in [-0.25, -0.2) is 0 Å². The molecule has 1 aromatic heterocycles. The summed E-state index contributed by atoms with van der Waals surface area (Å²) in [5.74, 6) is 0.982. The van der Waals surface area contributed by atoms with E-state index in [1.54, 1.807) is 0 Å². The molecule has 1 aromatic rings. The van der Waals surface area contributed by atoms with Crippen LogP contribution in [0.5, 0.6) is 0 Å². The molecule has 0 spiro atoms. The third-order valence-electron chi connectivity index (χ3n) is 2.11. The number of aromatic nitrogens is 2. The minimum Gasteiger partial charge on any atom is -0.353 e. The number of H-pyrrole nitrogens is 1. The van der Waals surface area contributed by atoms with Crippen LogP contribution in [0.4, 0.5) is 5.82 Å². The van der Waals surface area contributed by atoms with Crippen molar-refractivity contribution in [1.82, 2.24) is 15.5 Å². The second-order valence-electron chi connectivity index (χ2n) is 3.02. The van der Waals surface area contributed by atoms with E-state index in [-0.39, 0.29) is 0 Å². The first kappa shape index (κ1) is 8.65. The third-order valence-corrected chi connectivity index (χ3v) is 2.33. The van der Waals surface area contributed by atoms with Crippen LogP contribution in [-0.4, -0.2) is 36.4 Å². The van der Waals surface area contributed by atoms with Crippen LogP contribution in [0.1, 0.15) is 0 Å². The van der Waals surface area contributed by atoms with Crippen molar-refractivity contribution in [2.24, 2.45) is 0 Å². The van der Waals surface area contributed by atoms with E-state index in [4.69, 9.17) is 12.2 Å². The molecule has 1 fully saturated rings. The van der Waals surface area contributed by atoms with Crippen molar-refractivity contribution >= 4 is 18.0 Å². The molecule has 4 nitrogen and oxygen atoms in total. The zero-order chi connectivity index (χ0) is 9.10. The molecule has 70 valence electrons. The van der Waals surface area contributed by atoms with Gasteiger partial charge in [0.15, 0.2) is 0 Å². The number of anilines is 1. The van der Waals surface area contributed by atoms with Gasteiger partial charge in [0.1, 0.15) is 10.5 Å². The standard InChI is InChI=1S/C8H12N4S/c13-8-2-1-7(10-11-8)12-5-3-9-4-6-12/h1-2,9H,3-6H2,(H,11,13). The number of nitrogens with one attached hydrogen (secondary N) is 2. The predicted octanol–water partition coefficient (Wildman–Crippen LogP) is 0.549. The lowest BCUT2D eigenvalue weighted by atomic mass is 10.3. The summed E-state index contributed by atoms with van der Waals surface area (Å²) < 4.78 is 0.680. The Morgan fingerprint density at radius 2 is 2.08 bits per heavy atom. The fourth-order valence-electron chi connectivity index (χ4n) is 1.41. The van der Waals surface area contributed by atoms with Gasteiger partial charge in [-0.05, 0) is 12.1 Å². The maximum Gasteiger partial charge on any atom is 0.149 e. The summed E-state index contributed by atoms with van der Waals surface area (Å²) in [6.45, 7) is 4.07. The van der Waals surface area contributed by atoms with Crippen LogP contribution in [0, 0.1) is 4.64 Å². The molecular weight excluding hydrogens is 184 g/mol. The van der Waals surface area contributed by atoms with Gasteiger partial charge in [0.25, 0.3) is 0 Å². The number of nitrogens with zero attached hydrogens (tertiary/aromatic N) is 2. The second kappa shape index (κ2) is 3.85. The van der Waals surface area contributed by atoms with Gasteiger partial charge in [-0.2, -0.15) is 5.10 Å². The van der Waals surface area contributed by atoms with Crippen molar-refractivity contribution in [3.63, 3.8) is 0 Å². The van der Waals surface area contributed by atoms with Crippen LogP contribution in [0.2, 0.25) is 0 Å². The number of aromatic amines is 1. The lowest BCUT2D eigenvalue weighted by molar-refractivity contribution is 0.582. The highest BCUT2D eigenvalue weighted by Crippen LogP contribution is 2.08. The minimum atomic E-state index is 0.680. The molecule has 1 aliphatic heterocycles. The summed E-state index contributed by atoms with van der Waals surface area (Å²) in [7, 11) is 0. The van der Waals surface area contributed by atoms with Gasteiger partial charge < -0.3 is 10.2 Å². The van der Waals surface area contributed by atoms with Gasteiger partial charge in [-0.1, -0.05) is 12.2 Å². The molecule has 13 heavy (non-hydrogen) atoms. The summed E-state index contributed by atoms with van der Waals surface area (Å²) in [4.78, 5) is 2.24. The molecule has 5 heteroatoms. The first-order valence-electron chi connectivity index (χ1n) is 4.38. The first-order chi connectivity index (χ1) is 6.36. The van der Waals surface area contributed by atoms with Gasteiger partial charge >= 0.3 is 0 Å². The van der Waals surface area contributed by atoms with E-state index in [9.17, 15) is 0 Å². The summed E-state index contributed by atoms with van der Waals surface area (Å²) in [5.41, 5.74) is 0. The molecule has 1 aliphatic rings. The minimum absolute atomic E-state index is 0.680. The van der Waals surface area contributed by atoms with Crippen LogP contribution in [-0.2, 0) is 0 Å². The first-order valence-corrected chi connectivity index (χ1v) is 4.78. The number of hydrogen-bond donors (Lipinski definition) is 2. The summed E-state index contributed by atoms with van der Waals surface area (Å²) in [6.07, 6.45) is 0. The van der Waals surface area contributed by atoms with Crippen molar-refractivity contribution in [3.05, 3.63) is 16.8 Å². The average Bonchev–Trinajstić information content (AvgIpc) is 2.20. The van der Waals surface area contributed by atoms with Gasteiger partial charge in [-0.3, -0.25) is 5.10 Å². The normalized spacial score (nSPS) is 17.4. The van der Waals surface area contributed by atoms with E-state index >= 15 is 0 Å². The number of piperazine rings is 1. The lowest BCUT2D eigenvalue weighted by Crippen LogP contribution is -2.43. The van der Waals surface area contributed by atoms with Crippen molar-refractivity contribution in [2.45, 2.75) is 0 Å². The number of hydrogen-bond acceptors (Lipinski definition) is 4. The summed E-state index contributed by atoms with van der Waals surface area (Å²) in [6, 6.07) is 3.84. The van der Waals surface area contributed by atoms with Crippen LogP contribution in [0.25, 0.3) is 0 Å². The largest absolute Gasteiger partial charge is 0.353 e. The van der Waals surface area contributed by atoms with E-state index in [0.29, 0.717) is 4.64 Å². The lowest BCUT2D eigenvalue weighted by Gasteiger charge is -2.27. The second-order valence-corrected chi connectivity index (χ2v) is 3.46. The molecule has 2 heterocycles. The highest BCUT2D eigenvalue weighted by molar-refractivity contribution is 7.71. The van der Waals surface area contributed by atoms with Gasteiger partial charge in [0, 0.05) is 26.2 Å². The Hall–Kier alpha value is -0.940. The van der Waals surface area contributed by atoms with Gasteiger partial charge in [-0.15, -0.1) is 0 Å². The summed E-state index contributed by atoms with van der Waals surface area (Å²) >= 11 is 4.92. The molecule has 0 saturated carbocycles. The molecule has 0 atom stereocenters. The maximum absolute atomic E-state index is 4.92. The van der Waals surface area contributed by atoms with E-state index in [1.165, 1.54) is 0 Å². The van der Waals surface area contributed by atoms with Crippen LogP contribution < -0.4 is 10.2 Å². The van der Waals surface area contributed by atoms with Crippen molar-refractivity contribution in [3.8, 4) is 0 Å². The Morgan fingerprint density at radius 1 is 1.31 bits per heavy atom. The fraction of sp³-hybridized carbons (Fsp3) is 0.500. The molecule has 0 amide bonds. The van der Waals surface area contributed by atoms with E-state index in [1.807, 2.05) is 12.1 Å². The molecule has 0 radical (unpaired) electrons. The highest BCUT2D eigenvalue weighted by atomic mass is 32.1. The molecule has 0 unspecified atom stereocenters. The van der Waals surface area contributed by atoms with E-state index < -0.39 is 0 Å². The van der Waals surface area contributed by atoms with Crippen molar-refractivity contribution < 1.29 is 0 Å². The average molecular weight is 196 g/mol. The fourth-order valence-corrected chi connectivity index (χ4v) is 1.52. The Balaban J connectivity index is 2.14. The smallest absolute Gasteiger partial charge is 0.149 e. The zero-order valence-corrected chi connectivity index (χ0v) is 8.10. The molecule has 0 aromatic carbocycles. The molecule has 2 rings (SSSR count). The Bertz CT molecular complexity index is 309. The summed E-state index contributed by atoms with van der Waals surface area (Å²) in [5, 5.41) is 10.3. The van der Waals surface area contributed by atoms with Crippen molar-refractivity contribution in [2.75, 3.05) is 31.1 Å². The molecule has 0 aliphatic carbocycles. The zero-order valence-electron chi connectivity index (χ0n) is 7.29. The quantitative estimate of drug-likeness (QED) is 0.644. The molecule has 0 bridgehead atoms. The van der Waals surface area contributed by atoms with Gasteiger partial charge in [0.05, 0.1) is 0 Å². The topological polar surface area (TPSA) is 44.0 Å². The molecule has 2 N–H and O–H groups in total. The van der Waals surface area contributed by atoms with E-state index in [0.717, 1.165) is 32.0 Å².